The fourth-order valence-corrected chi connectivity index (χ4v) is 3.11. The van der Waals surface area contributed by atoms with Crippen LogP contribution in [0.2, 0.25) is 0 Å². The van der Waals surface area contributed by atoms with Crippen molar-refractivity contribution in [1.82, 2.24) is 0 Å². The molecule has 0 amide bonds. The number of phenolic OH excluding ortho intramolecular Hbond substituents is 1. The van der Waals surface area contributed by atoms with E-state index in [-0.39, 0.29) is 40.7 Å². The summed E-state index contributed by atoms with van der Waals surface area (Å²) in [6.45, 7) is 3.36. The highest BCUT2D eigenvalue weighted by Gasteiger charge is 2.37. The number of allylic oxidation sites excluding steroid dienone is 2. The van der Waals surface area contributed by atoms with E-state index in [2.05, 4.69) is 10.2 Å². The first-order valence-electron chi connectivity index (χ1n) is 9.21. The number of aromatic hydroxyl groups is 1. The van der Waals surface area contributed by atoms with Crippen LogP contribution in [0.15, 0.2) is 81.5 Å². The van der Waals surface area contributed by atoms with Gasteiger partial charge in [0.1, 0.15) is 23.2 Å². The van der Waals surface area contributed by atoms with Crippen molar-refractivity contribution in [2.75, 3.05) is 6.61 Å². The molecule has 3 rings (SSSR count). The molecule has 0 radical (unpaired) electrons. The fourth-order valence-electron chi connectivity index (χ4n) is 3.11. The molecular weight excluding hydrogens is 384 g/mol. The minimum absolute atomic E-state index is 0.00361. The Morgan fingerprint density at radius 3 is 2.60 bits per heavy atom. The second-order valence-electron chi connectivity index (χ2n) is 6.39. The van der Waals surface area contributed by atoms with Gasteiger partial charge in [0.2, 0.25) is 5.88 Å². The van der Waals surface area contributed by atoms with Crippen molar-refractivity contribution in [3.05, 3.63) is 76.9 Å². The highest BCUT2D eigenvalue weighted by atomic mass is 16.5. The molecule has 1 unspecified atom stereocenters. The molecule has 0 fully saturated rings. The van der Waals surface area contributed by atoms with E-state index in [1.54, 1.807) is 38.1 Å². The SMILES string of the molecule is CCOC(=O)C1=C(C)OC(N)=C(C#N)C1c1cc(N=Nc2ccccc2)ccc1O. The van der Waals surface area contributed by atoms with E-state index < -0.39 is 11.9 Å². The molecule has 0 bridgehead atoms. The van der Waals surface area contributed by atoms with Crippen LogP contribution < -0.4 is 5.73 Å². The lowest BCUT2D eigenvalue weighted by atomic mass is 9.82. The van der Waals surface area contributed by atoms with Crippen molar-refractivity contribution in [1.29, 1.82) is 5.26 Å². The lowest BCUT2D eigenvalue weighted by molar-refractivity contribution is -0.139. The molecule has 8 nitrogen and oxygen atoms in total. The number of hydrogen-bond acceptors (Lipinski definition) is 8. The largest absolute Gasteiger partial charge is 0.508 e. The first-order valence-corrected chi connectivity index (χ1v) is 9.21. The number of azo groups is 1. The van der Waals surface area contributed by atoms with Crippen LogP contribution in [0.3, 0.4) is 0 Å². The Labute approximate surface area is 173 Å². The number of nitrogens with two attached hydrogens (primary N) is 1. The Bertz CT molecular complexity index is 1100. The van der Waals surface area contributed by atoms with Crippen molar-refractivity contribution < 1.29 is 19.4 Å². The van der Waals surface area contributed by atoms with E-state index in [1.165, 1.54) is 6.07 Å². The molecule has 0 spiro atoms. The molecule has 0 saturated heterocycles. The molecule has 0 aromatic heterocycles. The Hall–Kier alpha value is -4.12. The minimum Gasteiger partial charge on any atom is -0.508 e. The molecule has 152 valence electrons. The molecule has 1 aliphatic heterocycles. The topological polar surface area (TPSA) is 130 Å². The molecule has 1 atom stereocenters. The van der Waals surface area contributed by atoms with E-state index >= 15 is 0 Å². The van der Waals surface area contributed by atoms with Crippen LogP contribution in [0.4, 0.5) is 11.4 Å². The average molecular weight is 404 g/mol. The van der Waals surface area contributed by atoms with Gasteiger partial charge in [0.15, 0.2) is 0 Å². The van der Waals surface area contributed by atoms with Crippen LogP contribution in [0.5, 0.6) is 5.75 Å². The molecule has 30 heavy (non-hydrogen) atoms. The third-order valence-corrected chi connectivity index (χ3v) is 4.46. The van der Waals surface area contributed by atoms with Gasteiger partial charge in [-0.2, -0.15) is 15.5 Å². The molecule has 2 aromatic rings. The van der Waals surface area contributed by atoms with Crippen molar-refractivity contribution >= 4 is 17.3 Å². The summed E-state index contributed by atoms with van der Waals surface area (Å²) in [5.74, 6) is -1.68. The van der Waals surface area contributed by atoms with Crippen LogP contribution in [-0.2, 0) is 14.3 Å². The van der Waals surface area contributed by atoms with Crippen LogP contribution in [0.1, 0.15) is 25.3 Å². The van der Waals surface area contributed by atoms with Gasteiger partial charge in [-0.15, -0.1) is 0 Å². The van der Waals surface area contributed by atoms with Gasteiger partial charge in [-0.05, 0) is 44.2 Å². The maximum absolute atomic E-state index is 12.6. The zero-order valence-corrected chi connectivity index (χ0v) is 16.5. The number of nitriles is 1. The normalized spacial score (nSPS) is 16.4. The first-order chi connectivity index (χ1) is 14.5. The number of ether oxygens (including phenoxy) is 2. The predicted octanol–water partition coefficient (Wildman–Crippen LogP) is 4.45. The highest BCUT2D eigenvalue weighted by molar-refractivity contribution is 5.93. The molecule has 0 aliphatic carbocycles. The van der Waals surface area contributed by atoms with Crippen LogP contribution >= 0.6 is 0 Å². The summed E-state index contributed by atoms with van der Waals surface area (Å²) < 4.78 is 10.5. The number of carbonyl (C=O) groups excluding carboxylic acids is 1. The Balaban J connectivity index is 2.10. The molecule has 8 heteroatoms. The van der Waals surface area contributed by atoms with E-state index in [0.29, 0.717) is 11.4 Å². The number of hydrogen-bond donors (Lipinski definition) is 2. The molecule has 1 aliphatic rings. The summed E-state index contributed by atoms with van der Waals surface area (Å²) in [4.78, 5) is 12.6. The van der Waals surface area contributed by atoms with Crippen LogP contribution in [-0.4, -0.2) is 17.7 Å². The number of rotatable bonds is 5. The van der Waals surface area contributed by atoms with Crippen LogP contribution in [0.25, 0.3) is 0 Å². The standard InChI is InChI=1S/C22H20N4O4/c1-3-29-22(28)19-13(2)30-21(24)17(12-23)20(19)16-11-15(9-10-18(16)27)26-25-14-7-5-4-6-8-14/h4-11,20,27H,3,24H2,1-2H3. The summed E-state index contributed by atoms with van der Waals surface area (Å²) in [6.07, 6.45) is 0. The maximum Gasteiger partial charge on any atom is 0.338 e. The predicted molar refractivity (Wildman–Crippen MR) is 109 cm³/mol. The number of benzene rings is 2. The van der Waals surface area contributed by atoms with Gasteiger partial charge in [-0.3, -0.25) is 0 Å². The second kappa shape index (κ2) is 8.92. The van der Waals surface area contributed by atoms with E-state index in [1.807, 2.05) is 24.3 Å². The maximum atomic E-state index is 12.6. The van der Waals surface area contributed by atoms with Gasteiger partial charge in [-0.1, -0.05) is 18.2 Å². The molecule has 2 aromatic carbocycles. The zero-order valence-electron chi connectivity index (χ0n) is 16.5. The molecule has 1 heterocycles. The lowest BCUT2D eigenvalue weighted by Gasteiger charge is -2.27. The number of carbonyl (C=O) groups is 1. The fraction of sp³-hybridized carbons (Fsp3) is 0.182. The quantitative estimate of drug-likeness (QED) is 0.559. The van der Waals surface area contributed by atoms with Gasteiger partial charge in [0, 0.05) is 5.56 Å². The number of nitrogens with zero attached hydrogens (tertiary/aromatic N) is 3. The summed E-state index contributed by atoms with van der Waals surface area (Å²) in [5.41, 5.74) is 7.33. The number of phenols is 1. The van der Waals surface area contributed by atoms with E-state index in [0.717, 1.165) is 0 Å². The number of esters is 1. The highest BCUT2D eigenvalue weighted by Crippen LogP contribution is 2.43. The van der Waals surface area contributed by atoms with Crippen molar-refractivity contribution in [2.24, 2.45) is 16.0 Å². The smallest absolute Gasteiger partial charge is 0.338 e. The van der Waals surface area contributed by atoms with Gasteiger partial charge in [-0.25, -0.2) is 4.79 Å². The summed E-state index contributed by atoms with van der Waals surface area (Å²) in [7, 11) is 0. The van der Waals surface area contributed by atoms with Gasteiger partial charge >= 0.3 is 5.97 Å². The average Bonchev–Trinajstić information content (AvgIpc) is 2.73. The summed E-state index contributed by atoms with van der Waals surface area (Å²) >= 11 is 0. The molecular formula is C22H20N4O4. The monoisotopic (exact) mass is 404 g/mol. The van der Waals surface area contributed by atoms with Crippen molar-refractivity contribution in [2.45, 2.75) is 19.8 Å². The van der Waals surface area contributed by atoms with E-state index in [4.69, 9.17) is 15.2 Å². The van der Waals surface area contributed by atoms with Crippen molar-refractivity contribution in [3.8, 4) is 11.8 Å². The van der Waals surface area contributed by atoms with Gasteiger partial charge < -0.3 is 20.3 Å². The minimum atomic E-state index is -0.963. The van der Waals surface area contributed by atoms with E-state index in [9.17, 15) is 15.2 Å². The second-order valence-corrected chi connectivity index (χ2v) is 6.39. The Kier molecular flexibility index (Phi) is 6.13. The van der Waals surface area contributed by atoms with Gasteiger partial charge in [0.05, 0.1) is 29.5 Å². The van der Waals surface area contributed by atoms with Crippen LogP contribution in [0, 0.1) is 11.3 Å². The van der Waals surface area contributed by atoms with Crippen molar-refractivity contribution in [3.63, 3.8) is 0 Å². The molecule has 3 N–H and O–H groups in total. The first kappa shape index (κ1) is 20.6. The third-order valence-electron chi connectivity index (χ3n) is 4.46. The molecule has 0 saturated carbocycles. The zero-order chi connectivity index (χ0) is 21.7. The third kappa shape index (κ3) is 4.15. The Morgan fingerprint density at radius 1 is 1.23 bits per heavy atom. The van der Waals surface area contributed by atoms with Gasteiger partial charge in [0.25, 0.3) is 0 Å². The lowest BCUT2D eigenvalue weighted by Crippen LogP contribution is -2.25. The Morgan fingerprint density at radius 2 is 1.93 bits per heavy atom. The summed E-state index contributed by atoms with van der Waals surface area (Å²) in [5, 5.41) is 28.5. The summed E-state index contributed by atoms with van der Waals surface area (Å²) in [6, 6.07) is 15.7.